The fourth-order valence-electron chi connectivity index (χ4n) is 1.77. The van der Waals surface area contributed by atoms with Gasteiger partial charge >= 0.3 is 0 Å². The highest BCUT2D eigenvalue weighted by atomic mass is 32.2. The van der Waals surface area contributed by atoms with Crippen molar-refractivity contribution in [3.05, 3.63) is 24.0 Å². The lowest BCUT2D eigenvalue weighted by molar-refractivity contribution is 0.0937. The van der Waals surface area contributed by atoms with E-state index in [2.05, 4.69) is 10.3 Å². The van der Waals surface area contributed by atoms with Crippen LogP contribution in [0.3, 0.4) is 0 Å². The van der Waals surface area contributed by atoms with E-state index < -0.39 is 15.7 Å². The van der Waals surface area contributed by atoms with Crippen molar-refractivity contribution in [1.29, 1.82) is 0 Å². The number of nitrogens with two attached hydrogens (primary N) is 1. The highest BCUT2D eigenvalue weighted by molar-refractivity contribution is 7.91. The van der Waals surface area contributed by atoms with Crippen LogP contribution in [0, 0.1) is 0 Å². The van der Waals surface area contributed by atoms with Crippen LogP contribution in [0.1, 0.15) is 16.9 Å². The van der Waals surface area contributed by atoms with Gasteiger partial charge in [0.05, 0.1) is 17.2 Å². The van der Waals surface area contributed by atoms with E-state index in [-0.39, 0.29) is 28.9 Å². The SMILES string of the molecule is Nc1cccnc1C(=O)NC1CCS(=O)(=O)C1. The lowest BCUT2D eigenvalue weighted by atomic mass is 10.2. The van der Waals surface area contributed by atoms with E-state index >= 15 is 0 Å². The van der Waals surface area contributed by atoms with Gasteiger partial charge in [0.2, 0.25) is 0 Å². The van der Waals surface area contributed by atoms with Gasteiger partial charge in [-0.05, 0) is 18.6 Å². The Morgan fingerprint density at radius 2 is 2.29 bits per heavy atom. The molecule has 1 fully saturated rings. The summed E-state index contributed by atoms with van der Waals surface area (Å²) >= 11 is 0. The lowest BCUT2D eigenvalue weighted by Crippen LogP contribution is -2.36. The number of hydrogen-bond acceptors (Lipinski definition) is 5. The van der Waals surface area contributed by atoms with Gasteiger partial charge in [-0.2, -0.15) is 0 Å². The van der Waals surface area contributed by atoms with Crippen LogP contribution in [0.4, 0.5) is 5.69 Å². The van der Waals surface area contributed by atoms with Crippen LogP contribution in [-0.4, -0.2) is 36.9 Å². The zero-order chi connectivity index (χ0) is 12.5. The Morgan fingerprint density at radius 1 is 1.53 bits per heavy atom. The molecule has 7 heteroatoms. The van der Waals surface area contributed by atoms with Gasteiger partial charge in [0, 0.05) is 12.2 Å². The number of anilines is 1. The highest BCUT2D eigenvalue weighted by Gasteiger charge is 2.29. The number of sulfone groups is 1. The van der Waals surface area contributed by atoms with Crippen LogP contribution < -0.4 is 11.1 Å². The minimum atomic E-state index is -3.00. The maximum Gasteiger partial charge on any atom is 0.272 e. The summed E-state index contributed by atoms with van der Waals surface area (Å²) in [6, 6.07) is 2.87. The second kappa shape index (κ2) is 4.33. The van der Waals surface area contributed by atoms with Crippen molar-refractivity contribution in [3.63, 3.8) is 0 Å². The van der Waals surface area contributed by atoms with Crippen LogP contribution in [-0.2, 0) is 9.84 Å². The summed E-state index contributed by atoms with van der Waals surface area (Å²) < 4.78 is 22.5. The van der Waals surface area contributed by atoms with Gasteiger partial charge in [-0.3, -0.25) is 4.79 Å². The van der Waals surface area contributed by atoms with Gasteiger partial charge in [-0.25, -0.2) is 13.4 Å². The number of hydrogen-bond donors (Lipinski definition) is 2. The number of carbonyl (C=O) groups excluding carboxylic acids is 1. The second-order valence-electron chi connectivity index (χ2n) is 4.01. The van der Waals surface area contributed by atoms with E-state index in [1.54, 1.807) is 12.1 Å². The molecule has 1 unspecified atom stereocenters. The van der Waals surface area contributed by atoms with E-state index in [0.29, 0.717) is 6.42 Å². The fraction of sp³-hybridized carbons (Fsp3) is 0.400. The standard InChI is InChI=1S/C10H13N3O3S/c11-8-2-1-4-12-9(8)10(14)13-7-3-5-17(15,16)6-7/h1-2,4,7H,3,5-6,11H2,(H,13,14). The topological polar surface area (TPSA) is 102 Å². The number of amides is 1. The first-order valence-corrected chi connectivity index (χ1v) is 7.02. The van der Waals surface area contributed by atoms with Crippen molar-refractivity contribution in [2.45, 2.75) is 12.5 Å². The first kappa shape index (κ1) is 11.8. The predicted octanol–water partition coefficient (Wildman–Crippen LogP) is -0.419. The third-order valence-electron chi connectivity index (χ3n) is 2.62. The minimum Gasteiger partial charge on any atom is -0.397 e. The molecular weight excluding hydrogens is 242 g/mol. The molecule has 0 aromatic carbocycles. The van der Waals surface area contributed by atoms with Gasteiger partial charge in [-0.1, -0.05) is 0 Å². The number of pyridine rings is 1. The Hall–Kier alpha value is -1.63. The van der Waals surface area contributed by atoms with E-state index in [0.717, 1.165) is 0 Å². The van der Waals surface area contributed by atoms with Crippen molar-refractivity contribution >= 4 is 21.4 Å². The Morgan fingerprint density at radius 3 is 2.88 bits per heavy atom. The largest absolute Gasteiger partial charge is 0.397 e. The molecule has 0 spiro atoms. The van der Waals surface area contributed by atoms with Gasteiger partial charge < -0.3 is 11.1 Å². The Balaban J connectivity index is 2.06. The zero-order valence-electron chi connectivity index (χ0n) is 9.09. The third kappa shape index (κ3) is 2.73. The van der Waals surface area contributed by atoms with E-state index in [9.17, 15) is 13.2 Å². The van der Waals surface area contributed by atoms with Crippen LogP contribution in [0.5, 0.6) is 0 Å². The summed E-state index contributed by atoms with van der Waals surface area (Å²) in [4.78, 5) is 15.7. The molecule has 17 heavy (non-hydrogen) atoms. The number of nitrogen functional groups attached to an aromatic ring is 1. The molecule has 1 aromatic heterocycles. The Labute approximate surface area is 99.1 Å². The van der Waals surface area contributed by atoms with Crippen LogP contribution in [0.2, 0.25) is 0 Å². The molecule has 92 valence electrons. The molecule has 1 aromatic rings. The smallest absolute Gasteiger partial charge is 0.272 e. The number of nitrogens with one attached hydrogen (secondary N) is 1. The first-order valence-electron chi connectivity index (χ1n) is 5.20. The molecule has 0 bridgehead atoms. The number of rotatable bonds is 2. The van der Waals surface area contributed by atoms with Gasteiger partial charge in [0.1, 0.15) is 0 Å². The molecule has 1 saturated heterocycles. The summed E-state index contributed by atoms with van der Waals surface area (Å²) in [7, 11) is -3.00. The van der Waals surface area contributed by atoms with Gasteiger partial charge in [0.25, 0.3) is 5.91 Å². The van der Waals surface area contributed by atoms with Crippen LogP contribution in [0.25, 0.3) is 0 Å². The average Bonchev–Trinajstić information content (AvgIpc) is 2.58. The lowest BCUT2D eigenvalue weighted by Gasteiger charge is -2.11. The van der Waals surface area contributed by atoms with Crippen molar-refractivity contribution < 1.29 is 13.2 Å². The molecule has 0 aliphatic carbocycles. The van der Waals surface area contributed by atoms with Crippen molar-refractivity contribution in [3.8, 4) is 0 Å². The summed E-state index contributed by atoms with van der Waals surface area (Å²) in [5, 5.41) is 2.63. The van der Waals surface area contributed by atoms with Crippen molar-refractivity contribution in [2.75, 3.05) is 17.2 Å². The molecule has 2 rings (SSSR count). The van der Waals surface area contributed by atoms with E-state index in [1.807, 2.05) is 0 Å². The molecule has 1 atom stereocenters. The number of aromatic nitrogens is 1. The Bertz CT molecular complexity index is 541. The molecule has 0 radical (unpaired) electrons. The van der Waals surface area contributed by atoms with Crippen LogP contribution >= 0.6 is 0 Å². The monoisotopic (exact) mass is 255 g/mol. The van der Waals surface area contributed by atoms with Gasteiger partial charge in [-0.15, -0.1) is 0 Å². The van der Waals surface area contributed by atoms with Crippen molar-refractivity contribution in [2.24, 2.45) is 0 Å². The molecule has 1 amide bonds. The second-order valence-corrected chi connectivity index (χ2v) is 6.24. The van der Waals surface area contributed by atoms with Crippen LogP contribution in [0.15, 0.2) is 18.3 Å². The summed E-state index contributed by atoms with van der Waals surface area (Å²) in [6.45, 7) is 0. The number of carbonyl (C=O) groups is 1. The summed E-state index contributed by atoms with van der Waals surface area (Å²) in [5.74, 6) is -0.314. The molecule has 1 aliphatic heterocycles. The molecule has 2 heterocycles. The fourth-order valence-corrected chi connectivity index (χ4v) is 3.44. The minimum absolute atomic E-state index is 0.00845. The molecule has 3 N–H and O–H groups in total. The Kier molecular flexibility index (Phi) is 3.01. The maximum absolute atomic E-state index is 11.8. The summed E-state index contributed by atoms with van der Waals surface area (Å²) in [5.41, 5.74) is 6.03. The highest BCUT2D eigenvalue weighted by Crippen LogP contribution is 2.13. The van der Waals surface area contributed by atoms with E-state index in [1.165, 1.54) is 6.20 Å². The molecule has 6 nitrogen and oxygen atoms in total. The molecular formula is C10H13N3O3S. The normalized spacial score (nSPS) is 22.2. The van der Waals surface area contributed by atoms with E-state index in [4.69, 9.17) is 5.73 Å². The zero-order valence-corrected chi connectivity index (χ0v) is 9.90. The first-order chi connectivity index (χ1) is 7.98. The molecule has 0 saturated carbocycles. The van der Waals surface area contributed by atoms with Gasteiger partial charge in [0.15, 0.2) is 15.5 Å². The quantitative estimate of drug-likeness (QED) is 0.747. The average molecular weight is 255 g/mol. The van der Waals surface area contributed by atoms with Crippen molar-refractivity contribution in [1.82, 2.24) is 10.3 Å². The third-order valence-corrected chi connectivity index (χ3v) is 4.39. The predicted molar refractivity (Wildman–Crippen MR) is 63.2 cm³/mol. The maximum atomic E-state index is 11.8. The number of nitrogens with zero attached hydrogens (tertiary/aromatic N) is 1. The summed E-state index contributed by atoms with van der Waals surface area (Å²) in [6.07, 6.45) is 1.91. The molecule has 1 aliphatic rings.